The van der Waals surface area contributed by atoms with Gasteiger partial charge in [-0.15, -0.1) is 0 Å². The Kier molecular flexibility index (Phi) is 11.1. The molecule has 0 aliphatic heterocycles. The van der Waals surface area contributed by atoms with Crippen LogP contribution in [0.3, 0.4) is 0 Å². The minimum atomic E-state index is -3.84. The Morgan fingerprint density at radius 1 is 0.923 bits per heavy atom. The number of rotatable bonds is 11. The zero-order valence-electron chi connectivity index (χ0n) is 15.9. The number of nitrogens with one attached hydrogen (secondary N) is 2. The molecule has 0 aromatic rings. The molecular formula is C18H35N2O5P. The Hall–Kier alpha value is -0.910. The first-order valence-corrected chi connectivity index (χ1v) is 11.7. The number of hydrogen-bond acceptors (Lipinski definition) is 3. The summed E-state index contributed by atoms with van der Waals surface area (Å²) in [4.78, 5) is 40.3. The van der Waals surface area contributed by atoms with Crippen LogP contribution in [0.4, 0.5) is 0 Å². The minimum absolute atomic E-state index is 0.000821. The normalized spacial score (nSPS) is 20.6. The van der Waals surface area contributed by atoms with E-state index in [2.05, 4.69) is 10.6 Å². The molecule has 1 rings (SSSR count). The van der Waals surface area contributed by atoms with Gasteiger partial charge < -0.3 is 20.4 Å². The summed E-state index contributed by atoms with van der Waals surface area (Å²) in [6.07, 6.45) is 11.9. The van der Waals surface area contributed by atoms with Crippen LogP contribution in [0.25, 0.3) is 0 Å². The molecule has 1 saturated carbocycles. The first-order valence-electron chi connectivity index (χ1n) is 9.88. The fourth-order valence-corrected chi connectivity index (χ4v) is 4.52. The third-order valence-electron chi connectivity index (χ3n) is 5.31. The topological polar surface area (TPSA) is 116 Å². The Morgan fingerprint density at radius 3 is 2.08 bits per heavy atom. The summed E-state index contributed by atoms with van der Waals surface area (Å²) in [7, 11) is -2.39. The standard InChI is InChI=1S/C18H35N2O5P/c1-19-17(21)18(22)20-13-8-12-16-11-6-5-10-15(16)9-4-2-3-7-14-26(23,24)25/h15-16H,2-14H2,1H3,(H,19,21)(H,20,22)(H2,23,24,25). The van der Waals surface area contributed by atoms with E-state index in [-0.39, 0.29) is 6.16 Å². The zero-order valence-corrected chi connectivity index (χ0v) is 16.8. The maximum absolute atomic E-state index is 11.4. The van der Waals surface area contributed by atoms with Gasteiger partial charge in [0.1, 0.15) is 0 Å². The SMILES string of the molecule is CNC(=O)C(=O)NCCCC1CCCCC1CCCCCCP(=O)(O)O. The molecule has 2 atom stereocenters. The molecule has 26 heavy (non-hydrogen) atoms. The quantitative estimate of drug-likeness (QED) is 0.246. The predicted octanol–water partition coefficient (Wildman–Crippen LogP) is 2.56. The molecule has 2 amide bonds. The van der Waals surface area contributed by atoms with E-state index in [4.69, 9.17) is 9.79 Å². The molecule has 0 bridgehead atoms. The van der Waals surface area contributed by atoms with Crippen LogP contribution in [0.15, 0.2) is 0 Å². The maximum atomic E-state index is 11.4. The number of carbonyl (C=O) groups excluding carboxylic acids is 2. The van der Waals surface area contributed by atoms with Crippen LogP contribution in [0.5, 0.6) is 0 Å². The largest absolute Gasteiger partial charge is 0.351 e. The van der Waals surface area contributed by atoms with Gasteiger partial charge in [-0.1, -0.05) is 51.4 Å². The molecule has 0 heterocycles. The molecule has 0 saturated heterocycles. The molecule has 0 spiro atoms. The second-order valence-corrected chi connectivity index (χ2v) is 9.15. The summed E-state index contributed by atoms with van der Waals surface area (Å²) >= 11 is 0. The van der Waals surface area contributed by atoms with E-state index in [1.807, 2.05) is 0 Å². The van der Waals surface area contributed by atoms with E-state index in [1.165, 1.54) is 39.2 Å². The van der Waals surface area contributed by atoms with Crippen LogP contribution in [0, 0.1) is 11.8 Å². The summed E-state index contributed by atoms with van der Waals surface area (Å²) in [5.41, 5.74) is 0. The molecule has 1 aliphatic rings. The molecule has 0 aromatic carbocycles. The lowest BCUT2D eigenvalue weighted by molar-refractivity contribution is -0.138. The highest BCUT2D eigenvalue weighted by atomic mass is 31.2. The lowest BCUT2D eigenvalue weighted by Crippen LogP contribution is -2.38. The molecule has 0 aromatic heterocycles. The summed E-state index contributed by atoms with van der Waals surface area (Å²) in [5.74, 6) is 0.248. The Balaban J connectivity index is 2.18. The smallest absolute Gasteiger partial charge is 0.325 e. The molecular weight excluding hydrogens is 355 g/mol. The second-order valence-electron chi connectivity index (χ2n) is 7.37. The van der Waals surface area contributed by atoms with Gasteiger partial charge in [-0.05, 0) is 31.1 Å². The van der Waals surface area contributed by atoms with Crippen molar-refractivity contribution in [2.45, 2.75) is 70.6 Å². The van der Waals surface area contributed by atoms with Crippen molar-refractivity contribution in [3.8, 4) is 0 Å². The van der Waals surface area contributed by atoms with Crippen LogP contribution in [0.1, 0.15) is 70.6 Å². The average molecular weight is 390 g/mol. The lowest BCUT2D eigenvalue weighted by atomic mass is 9.74. The van der Waals surface area contributed by atoms with Crippen LogP contribution in [-0.2, 0) is 14.2 Å². The van der Waals surface area contributed by atoms with Gasteiger partial charge in [0.05, 0.1) is 0 Å². The van der Waals surface area contributed by atoms with Gasteiger partial charge in [0.2, 0.25) is 0 Å². The highest BCUT2D eigenvalue weighted by Gasteiger charge is 2.24. The van der Waals surface area contributed by atoms with E-state index >= 15 is 0 Å². The third-order valence-corrected chi connectivity index (χ3v) is 6.21. The molecule has 7 nitrogen and oxygen atoms in total. The van der Waals surface area contributed by atoms with Crippen molar-refractivity contribution in [1.82, 2.24) is 10.6 Å². The first kappa shape index (κ1) is 23.1. The summed E-state index contributed by atoms with van der Waals surface area (Å²) in [5, 5.41) is 4.97. The van der Waals surface area contributed by atoms with E-state index in [1.54, 1.807) is 0 Å². The second kappa shape index (κ2) is 12.5. The summed E-state index contributed by atoms with van der Waals surface area (Å²) in [6, 6.07) is 0. The lowest BCUT2D eigenvalue weighted by Gasteiger charge is -2.32. The van der Waals surface area contributed by atoms with Gasteiger partial charge in [0, 0.05) is 19.8 Å². The van der Waals surface area contributed by atoms with Crippen molar-refractivity contribution in [3.05, 3.63) is 0 Å². The fourth-order valence-electron chi connectivity index (χ4n) is 3.88. The highest BCUT2D eigenvalue weighted by molar-refractivity contribution is 7.51. The van der Waals surface area contributed by atoms with Gasteiger partial charge in [-0.25, -0.2) is 0 Å². The molecule has 152 valence electrons. The Morgan fingerprint density at radius 2 is 1.50 bits per heavy atom. The molecule has 0 radical (unpaired) electrons. The van der Waals surface area contributed by atoms with Crippen LogP contribution < -0.4 is 10.6 Å². The number of hydrogen-bond donors (Lipinski definition) is 4. The van der Waals surface area contributed by atoms with Gasteiger partial charge in [-0.2, -0.15) is 0 Å². The van der Waals surface area contributed by atoms with E-state index in [9.17, 15) is 14.2 Å². The maximum Gasteiger partial charge on any atom is 0.325 e. The van der Waals surface area contributed by atoms with Gasteiger partial charge in [0.15, 0.2) is 0 Å². The van der Waals surface area contributed by atoms with Crippen molar-refractivity contribution < 1.29 is 23.9 Å². The highest BCUT2D eigenvalue weighted by Crippen LogP contribution is 2.37. The number of likely N-dealkylation sites (N-methyl/N-ethyl adjacent to an activating group) is 1. The van der Waals surface area contributed by atoms with Crippen molar-refractivity contribution in [2.75, 3.05) is 19.8 Å². The minimum Gasteiger partial charge on any atom is -0.351 e. The predicted molar refractivity (Wildman–Crippen MR) is 102 cm³/mol. The zero-order chi connectivity index (χ0) is 19.4. The van der Waals surface area contributed by atoms with Gasteiger partial charge >= 0.3 is 19.4 Å². The van der Waals surface area contributed by atoms with Crippen molar-refractivity contribution >= 4 is 19.4 Å². The number of unbranched alkanes of at least 4 members (excludes halogenated alkanes) is 3. The molecule has 4 N–H and O–H groups in total. The number of amides is 2. The van der Waals surface area contributed by atoms with Crippen molar-refractivity contribution in [1.29, 1.82) is 0 Å². The summed E-state index contributed by atoms with van der Waals surface area (Å²) in [6.45, 7) is 0.540. The molecule has 1 aliphatic carbocycles. The van der Waals surface area contributed by atoms with Crippen molar-refractivity contribution in [3.63, 3.8) is 0 Å². The van der Waals surface area contributed by atoms with E-state index in [0.717, 1.165) is 38.0 Å². The van der Waals surface area contributed by atoms with Crippen molar-refractivity contribution in [2.24, 2.45) is 11.8 Å². The number of carbonyl (C=O) groups is 2. The Labute approximate surface area is 156 Å². The van der Waals surface area contributed by atoms with E-state index < -0.39 is 19.4 Å². The average Bonchev–Trinajstić information content (AvgIpc) is 2.60. The monoisotopic (exact) mass is 390 g/mol. The molecule has 1 fully saturated rings. The molecule has 2 unspecified atom stereocenters. The molecule has 8 heteroatoms. The first-order chi connectivity index (χ1) is 12.3. The van der Waals surface area contributed by atoms with Crippen LogP contribution in [-0.4, -0.2) is 41.4 Å². The van der Waals surface area contributed by atoms with Crippen LogP contribution >= 0.6 is 7.60 Å². The van der Waals surface area contributed by atoms with Gasteiger partial charge in [0.25, 0.3) is 0 Å². The summed E-state index contributed by atoms with van der Waals surface area (Å²) < 4.78 is 10.8. The van der Waals surface area contributed by atoms with Gasteiger partial charge in [-0.3, -0.25) is 14.2 Å². The van der Waals surface area contributed by atoms with Crippen LogP contribution in [0.2, 0.25) is 0 Å². The Bertz CT molecular complexity index is 480. The third kappa shape index (κ3) is 10.3. The van der Waals surface area contributed by atoms with E-state index in [0.29, 0.717) is 18.9 Å². The fraction of sp³-hybridized carbons (Fsp3) is 0.889.